The number of nitrogens with zero attached hydrogens (tertiary/aromatic N) is 2. The van der Waals surface area contributed by atoms with Crippen LogP contribution in [0.25, 0.3) is 0 Å². The van der Waals surface area contributed by atoms with E-state index in [0.29, 0.717) is 17.3 Å². The number of para-hydroxylation sites is 1. The largest absolute Gasteiger partial charge is 0.484 e. The summed E-state index contributed by atoms with van der Waals surface area (Å²) in [6.07, 6.45) is 2.69. The van der Waals surface area contributed by atoms with Crippen molar-refractivity contribution in [2.45, 2.75) is 31.3 Å². The van der Waals surface area contributed by atoms with Gasteiger partial charge in [0.1, 0.15) is 12.3 Å². The Bertz CT molecular complexity index is 1130. The number of thiophene rings is 1. The summed E-state index contributed by atoms with van der Waals surface area (Å²) in [6, 6.07) is 19.0. The summed E-state index contributed by atoms with van der Waals surface area (Å²) >= 11 is 7.85. The number of rotatable bonds is 7. The maximum atomic E-state index is 13.6. The van der Waals surface area contributed by atoms with Crippen molar-refractivity contribution in [3.05, 3.63) is 87.1 Å². The summed E-state index contributed by atoms with van der Waals surface area (Å²) in [6.45, 7) is 0.640. The lowest BCUT2D eigenvalue weighted by molar-refractivity contribution is -0.143. The van der Waals surface area contributed by atoms with Crippen molar-refractivity contribution >= 4 is 34.8 Å². The number of halogens is 1. The van der Waals surface area contributed by atoms with Gasteiger partial charge < -0.3 is 14.5 Å². The van der Waals surface area contributed by atoms with E-state index in [-0.39, 0.29) is 37.0 Å². The molecule has 1 saturated carbocycles. The average Bonchev–Trinajstić information content (AvgIpc) is 3.57. The highest BCUT2D eigenvalue weighted by atomic mass is 35.5. The first kappa shape index (κ1) is 22.0. The van der Waals surface area contributed by atoms with Gasteiger partial charge in [-0.1, -0.05) is 41.9 Å². The molecule has 0 N–H and O–H groups in total. The Morgan fingerprint density at radius 1 is 1.06 bits per heavy atom. The van der Waals surface area contributed by atoms with Crippen molar-refractivity contribution in [2.24, 2.45) is 0 Å². The lowest BCUT2D eigenvalue weighted by Gasteiger charge is -2.37. The van der Waals surface area contributed by atoms with E-state index >= 15 is 0 Å². The third-order valence-corrected chi connectivity index (χ3v) is 7.44. The normalized spacial score (nSPS) is 17.4. The number of hydrogen-bond acceptors (Lipinski definition) is 4. The zero-order chi connectivity index (χ0) is 22.8. The van der Waals surface area contributed by atoms with E-state index in [1.165, 1.54) is 10.4 Å². The third kappa shape index (κ3) is 4.92. The van der Waals surface area contributed by atoms with Gasteiger partial charge in [-0.2, -0.15) is 0 Å². The predicted molar refractivity (Wildman–Crippen MR) is 130 cm³/mol. The minimum Gasteiger partial charge on any atom is -0.484 e. The van der Waals surface area contributed by atoms with Crippen molar-refractivity contribution < 1.29 is 14.3 Å². The van der Waals surface area contributed by atoms with Gasteiger partial charge in [0.25, 0.3) is 5.91 Å². The van der Waals surface area contributed by atoms with Gasteiger partial charge in [-0.15, -0.1) is 11.3 Å². The van der Waals surface area contributed by atoms with E-state index < -0.39 is 0 Å². The van der Waals surface area contributed by atoms with Crippen molar-refractivity contribution in [3.8, 4) is 5.75 Å². The molecule has 2 aromatic carbocycles. The molecule has 7 heteroatoms. The first-order valence-corrected chi connectivity index (χ1v) is 12.4. The molecule has 33 heavy (non-hydrogen) atoms. The lowest BCUT2D eigenvalue weighted by Crippen LogP contribution is -2.48. The smallest absolute Gasteiger partial charge is 0.261 e. The van der Waals surface area contributed by atoms with Gasteiger partial charge in [-0.05, 0) is 66.1 Å². The molecule has 1 aromatic heterocycles. The fourth-order valence-corrected chi connectivity index (χ4v) is 5.41. The molecule has 1 unspecified atom stereocenters. The Hall–Kier alpha value is -2.83. The van der Waals surface area contributed by atoms with Crippen LogP contribution < -0.4 is 4.74 Å². The van der Waals surface area contributed by atoms with E-state index in [1.54, 1.807) is 16.2 Å². The fourth-order valence-electron chi connectivity index (χ4n) is 4.38. The minimum absolute atomic E-state index is 0.0354. The SMILES string of the molecule is O=C(COc1ccccc1)N(CC(=O)N1CCc2sccc2C1c1ccc(Cl)cc1)C1CC1. The average molecular weight is 481 g/mol. The van der Waals surface area contributed by atoms with E-state index in [9.17, 15) is 9.59 Å². The number of fused-ring (bicyclic) bond motifs is 1. The van der Waals surface area contributed by atoms with Crippen LogP contribution in [0.1, 0.15) is 34.9 Å². The molecule has 0 saturated heterocycles. The molecule has 2 amide bonds. The van der Waals surface area contributed by atoms with Crippen LogP contribution in [-0.2, 0) is 16.0 Å². The van der Waals surface area contributed by atoms with Crippen molar-refractivity contribution in [3.63, 3.8) is 0 Å². The maximum Gasteiger partial charge on any atom is 0.261 e. The van der Waals surface area contributed by atoms with Gasteiger partial charge in [0, 0.05) is 22.5 Å². The Labute approximate surface area is 202 Å². The quantitative estimate of drug-likeness (QED) is 0.481. The topological polar surface area (TPSA) is 49.9 Å². The molecule has 170 valence electrons. The molecular formula is C26H25ClN2O3S. The van der Waals surface area contributed by atoms with Crippen molar-refractivity contribution in [1.82, 2.24) is 9.80 Å². The van der Waals surface area contributed by atoms with Crippen LogP contribution in [0.5, 0.6) is 5.75 Å². The molecule has 0 bridgehead atoms. The molecular weight excluding hydrogens is 456 g/mol. The van der Waals surface area contributed by atoms with Crippen LogP contribution in [0.3, 0.4) is 0 Å². The lowest BCUT2D eigenvalue weighted by atomic mass is 9.93. The summed E-state index contributed by atoms with van der Waals surface area (Å²) in [5, 5.41) is 2.75. The predicted octanol–water partition coefficient (Wildman–Crippen LogP) is 4.95. The highest BCUT2D eigenvalue weighted by molar-refractivity contribution is 7.10. The van der Waals surface area contributed by atoms with E-state index in [2.05, 4.69) is 11.4 Å². The monoisotopic (exact) mass is 480 g/mol. The Morgan fingerprint density at radius 2 is 1.82 bits per heavy atom. The standard InChI is InChI=1S/C26H25ClN2O3S/c27-19-8-6-18(7-9-19)26-22-13-15-33-23(22)12-14-28(26)24(30)16-29(20-10-11-20)25(31)17-32-21-4-2-1-3-5-21/h1-9,13,15,20,26H,10-12,14,16-17H2. The van der Waals surface area contributed by atoms with Gasteiger partial charge in [0.2, 0.25) is 5.91 Å². The molecule has 1 fully saturated rings. The molecule has 1 aliphatic carbocycles. The summed E-state index contributed by atoms with van der Waals surface area (Å²) < 4.78 is 5.66. The highest BCUT2D eigenvalue weighted by Crippen LogP contribution is 2.38. The number of carbonyl (C=O) groups excluding carboxylic acids is 2. The van der Waals surface area contributed by atoms with Gasteiger partial charge in [-0.25, -0.2) is 0 Å². The van der Waals surface area contributed by atoms with Crippen molar-refractivity contribution in [1.29, 1.82) is 0 Å². The second-order valence-corrected chi connectivity index (χ2v) is 9.88. The summed E-state index contributed by atoms with van der Waals surface area (Å²) in [4.78, 5) is 31.5. The summed E-state index contributed by atoms with van der Waals surface area (Å²) in [7, 11) is 0. The molecule has 0 radical (unpaired) electrons. The highest BCUT2D eigenvalue weighted by Gasteiger charge is 2.38. The summed E-state index contributed by atoms with van der Waals surface area (Å²) in [5.74, 6) is 0.467. The van der Waals surface area contributed by atoms with Crippen LogP contribution in [-0.4, -0.2) is 47.4 Å². The number of ether oxygens (including phenoxy) is 1. The zero-order valence-electron chi connectivity index (χ0n) is 18.2. The second-order valence-electron chi connectivity index (χ2n) is 8.44. The Balaban J connectivity index is 1.33. The van der Waals surface area contributed by atoms with Gasteiger partial charge in [-0.3, -0.25) is 9.59 Å². The zero-order valence-corrected chi connectivity index (χ0v) is 19.7. The third-order valence-electron chi connectivity index (χ3n) is 6.19. The molecule has 1 atom stereocenters. The molecule has 0 spiro atoms. The number of carbonyl (C=O) groups is 2. The first-order valence-electron chi connectivity index (χ1n) is 11.2. The van der Waals surface area contributed by atoms with Gasteiger partial charge in [0.05, 0.1) is 6.04 Å². The second kappa shape index (κ2) is 9.57. The molecule has 2 heterocycles. The molecule has 2 aliphatic rings. The van der Waals surface area contributed by atoms with Crippen molar-refractivity contribution in [2.75, 3.05) is 19.7 Å². The molecule has 1 aliphatic heterocycles. The van der Waals surface area contributed by atoms with Crippen LogP contribution >= 0.6 is 22.9 Å². The van der Waals surface area contributed by atoms with Gasteiger partial charge in [0.15, 0.2) is 6.61 Å². The van der Waals surface area contributed by atoms with Crippen LogP contribution in [0, 0.1) is 0 Å². The van der Waals surface area contributed by atoms with E-state index in [0.717, 1.165) is 24.8 Å². The van der Waals surface area contributed by atoms with Crippen LogP contribution in [0.2, 0.25) is 5.02 Å². The van der Waals surface area contributed by atoms with Crippen LogP contribution in [0.4, 0.5) is 0 Å². The number of benzene rings is 2. The fraction of sp³-hybridized carbons (Fsp3) is 0.308. The number of amides is 2. The van der Waals surface area contributed by atoms with E-state index in [1.807, 2.05) is 59.5 Å². The summed E-state index contributed by atoms with van der Waals surface area (Å²) in [5.41, 5.74) is 2.20. The Kier molecular flexibility index (Phi) is 6.38. The van der Waals surface area contributed by atoms with Crippen LogP contribution in [0.15, 0.2) is 66.0 Å². The van der Waals surface area contributed by atoms with E-state index in [4.69, 9.17) is 16.3 Å². The first-order chi connectivity index (χ1) is 16.1. The number of hydrogen-bond donors (Lipinski definition) is 0. The van der Waals surface area contributed by atoms with Gasteiger partial charge >= 0.3 is 0 Å². The molecule has 3 aromatic rings. The minimum atomic E-state index is -0.165. The molecule has 5 nitrogen and oxygen atoms in total. The maximum absolute atomic E-state index is 13.6. The Morgan fingerprint density at radius 3 is 2.55 bits per heavy atom. The molecule has 5 rings (SSSR count).